The van der Waals surface area contributed by atoms with E-state index in [1.807, 2.05) is 30.3 Å². The molecule has 1 atom stereocenters. The first kappa shape index (κ1) is 21.5. The summed E-state index contributed by atoms with van der Waals surface area (Å²) in [7, 11) is 0. The minimum absolute atomic E-state index is 0. The lowest BCUT2D eigenvalue weighted by molar-refractivity contribution is 0.235. The molecule has 1 unspecified atom stereocenters. The number of rotatable bonds is 5. The van der Waals surface area contributed by atoms with Crippen molar-refractivity contribution in [2.24, 2.45) is 4.99 Å². The molecule has 29 heavy (non-hydrogen) atoms. The summed E-state index contributed by atoms with van der Waals surface area (Å²) in [5, 5.41) is 6.70. The van der Waals surface area contributed by atoms with Crippen molar-refractivity contribution < 1.29 is 14.2 Å². The predicted octanol–water partition coefficient (Wildman–Crippen LogP) is 3.52. The second-order valence-electron chi connectivity index (χ2n) is 6.96. The van der Waals surface area contributed by atoms with Crippen LogP contribution in [-0.2, 0) is 13.0 Å². The highest BCUT2D eigenvalue weighted by molar-refractivity contribution is 14.0. The van der Waals surface area contributed by atoms with Crippen LogP contribution in [0.4, 0.5) is 0 Å². The topological polar surface area (TPSA) is 64.1 Å². The van der Waals surface area contributed by atoms with E-state index < -0.39 is 0 Å². The maximum absolute atomic E-state index is 6.00. The molecule has 2 aliphatic rings. The first-order valence-electron chi connectivity index (χ1n) is 9.97. The van der Waals surface area contributed by atoms with Gasteiger partial charge in [-0.2, -0.15) is 0 Å². The number of fused-ring (bicyclic) bond motifs is 2. The minimum Gasteiger partial charge on any atom is -0.490 e. The van der Waals surface area contributed by atoms with Crippen molar-refractivity contribution >= 4 is 29.9 Å². The average Bonchev–Trinajstić information content (AvgIpc) is 2.99. The van der Waals surface area contributed by atoms with Crippen molar-refractivity contribution in [2.75, 3.05) is 26.3 Å². The number of halogens is 1. The van der Waals surface area contributed by atoms with Crippen LogP contribution >= 0.6 is 24.0 Å². The molecule has 2 aliphatic heterocycles. The molecule has 0 aliphatic carbocycles. The van der Waals surface area contributed by atoms with Crippen molar-refractivity contribution in [2.45, 2.75) is 32.4 Å². The van der Waals surface area contributed by atoms with E-state index in [2.05, 4.69) is 29.7 Å². The molecule has 4 rings (SSSR count). The summed E-state index contributed by atoms with van der Waals surface area (Å²) in [5.41, 5.74) is 2.36. The lowest BCUT2D eigenvalue weighted by atomic mass is 10.1. The number of ether oxygens (including phenoxy) is 3. The third kappa shape index (κ3) is 5.68. The van der Waals surface area contributed by atoms with Gasteiger partial charge in [0, 0.05) is 19.4 Å². The van der Waals surface area contributed by atoms with E-state index >= 15 is 0 Å². The van der Waals surface area contributed by atoms with E-state index in [4.69, 9.17) is 19.2 Å². The standard InChI is InChI=1S/C22H27N3O3.HI/c1-2-23-22(25-15-18-13-17-6-3-4-7-19(17)28-18)24-14-16-8-9-20-21(12-16)27-11-5-10-26-20;/h3-4,6-9,12,18H,2,5,10-11,13-15H2,1H3,(H2,23,24,25);1H. The van der Waals surface area contributed by atoms with E-state index in [-0.39, 0.29) is 30.1 Å². The van der Waals surface area contributed by atoms with E-state index in [1.165, 1.54) is 5.56 Å². The quantitative estimate of drug-likeness (QED) is 0.367. The molecule has 2 aromatic rings. The van der Waals surface area contributed by atoms with Gasteiger partial charge in [0.2, 0.25) is 0 Å². The third-order valence-corrected chi connectivity index (χ3v) is 4.79. The van der Waals surface area contributed by atoms with Gasteiger partial charge in [-0.25, -0.2) is 4.99 Å². The number of benzene rings is 2. The van der Waals surface area contributed by atoms with Gasteiger partial charge in [0.05, 0.1) is 26.3 Å². The molecular weight excluding hydrogens is 481 g/mol. The van der Waals surface area contributed by atoms with Crippen LogP contribution in [0.15, 0.2) is 47.5 Å². The van der Waals surface area contributed by atoms with Gasteiger partial charge in [-0.15, -0.1) is 24.0 Å². The van der Waals surface area contributed by atoms with Gasteiger partial charge in [0.1, 0.15) is 11.9 Å². The van der Waals surface area contributed by atoms with Crippen molar-refractivity contribution in [3.63, 3.8) is 0 Å². The van der Waals surface area contributed by atoms with E-state index in [1.54, 1.807) is 0 Å². The highest BCUT2D eigenvalue weighted by atomic mass is 127. The average molecular weight is 509 g/mol. The number of para-hydroxylation sites is 1. The zero-order valence-corrected chi connectivity index (χ0v) is 19.0. The molecule has 0 spiro atoms. The second kappa shape index (κ2) is 10.6. The Morgan fingerprint density at radius 3 is 2.69 bits per heavy atom. The number of aliphatic imine (C=N–C) groups is 1. The minimum atomic E-state index is 0. The summed E-state index contributed by atoms with van der Waals surface area (Å²) >= 11 is 0. The molecule has 0 fully saturated rings. The molecule has 0 aromatic heterocycles. The lowest BCUT2D eigenvalue weighted by Crippen LogP contribution is -2.42. The Hall–Kier alpha value is -2.16. The maximum Gasteiger partial charge on any atom is 0.191 e. The molecule has 0 saturated heterocycles. The molecule has 2 N–H and O–H groups in total. The Bertz CT molecular complexity index is 819. The molecule has 156 valence electrons. The molecule has 7 heteroatoms. The largest absolute Gasteiger partial charge is 0.490 e. The fourth-order valence-corrected chi connectivity index (χ4v) is 3.40. The van der Waals surface area contributed by atoms with E-state index in [0.717, 1.165) is 48.2 Å². The normalized spacial score (nSPS) is 17.4. The van der Waals surface area contributed by atoms with Crippen LogP contribution in [-0.4, -0.2) is 38.4 Å². The van der Waals surface area contributed by atoms with Crippen LogP contribution in [0.2, 0.25) is 0 Å². The van der Waals surface area contributed by atoms with Crippen LogP contribution in [0.3, 0.4) is 0 Å². The van der Waals surface area contributed by atoms with Gasteiger partial charge >= 0.3 is 0 Å². The maximum atomic E-state index is 6.00. The monoisotopic (exact) mass is 509 g/mol. The van der Waals surface area contributed by atoms with Gasteiger partial charge < -0.3 is 24.8 Å². The summed E-state index contributed by atoms with van der Waals surface area (Å²) in [5.74, 6) is 3.39. The summed E-state index contributed by atoms with van der Waals surface area (Å²) in [6.07, 6.45) is 1.95. The molecule has 0 radical (unpaired) electrons. The van der Waals surface area contributed by atoms with Gasteiger partial charge in [-0.3, -0.25) is 0 Å². The summed E-state index contributed by atoms with van der Waals surface area (Å²) < 4.78 is 17.5. The van der Waals surface area contributed by atoms with Crippen molar-refractivity contribution in [1.29, 1.82) is 0 Å². The summed E-state index contributed by atoms with van der Waals surface area (Å²) in [6.45, 7) is 5.53. The second-order valence-corrected chi connectivity index (χ2v) is 6.96. The first-order valence-corrected chi connectivity index (χ1v) is 9.97. The Morgan fingerprint density at radius 1 is 1.03 bits per heavy atom. The number of nitrogens with zero attached hydrogens (tertiary/aromatic N) is 1. The fourth-order valence-electron chi connectivity index (χ4n) is 3.40. The highest BCUT2D eigenvalue weighted by Gasteiger charge is 2.22. The van der Waals surface area contributed by atoms with Crippen molar-refractivity contribution in [3.8, 4) is 17.2 Å². The Kier molecular flexibility index (Phi) is 7.85. The van der Waals surface area contributed by atoms with Gasteiger partial charge in [-0.05, 0) is 36.2 Å². The van der Waals surface area contributed by atoms with Crippen LogP contribution < -0.4 is 24.8 Å². The fraction of sp³-hybridized carbons (Fsp3) is 0.409. The summed E-state index contributed by atoms with van der Waals surface area (Å²) in [6, 6.07) is 14.2. The Balaban J connectivity index is 0.00000240. The van der Waals surface area contributed by atoms with E-state index in [0.29, 0.717) is 26.3 Å². The Morgan fingerprint density at radius 2 is 1.86 bits per heavy atom. The first-order chi connectivity index (χ1) is 13.8. The summed E-state index contributed by atoms with van der Waals surface area (Å²) in [4.78, 5) is 4.71. The number of hydrogen-bond donors (Lipinski definition) is 2. The van der Waals surface area contributed by atoms with Gasteiger partial charge in [0.15, 0.2) is 17.5 Å². The number of guanidine groups is 1. The van der Waals surface area contributed by atoms with Crippen LogP contribution in [0.25, 0.3) is 0 Å². The van der Waals surface area contributed by atoms with Gasteiger partial charge in [0.25, 0.3) is 0 Å². The lowest BCUT2D eigenvalue weighted by Gasteiger charge is -2.15. The van der Waals surface area contributed by atoms with Crippen LogP contribution in [0.1, 0.15) is 24.5 Å². The molecular formula is C22H28IN3O3. The van der Waals surface area contributed by atoms with Crippen LogP contribution in [0.5, 0.6) is 17.2 Å². The van der Waals surface area contributed by atoms with Crippen molar-refractivity contribution in [3.05, 3.63) is 53.6 Å². The predicted molar refractivity (Wildman–Crippen MR) is 125 cm³/mol. The highest BCUT2D eigenvalue weighted by Crippen LogP contribution is 2.30. The zero-order valence-electron chi connectivity index (χ0n) is 16.6. The van der Waals surface area contributed by atoms with Crippen molar-refractivity contribution in [1.82, 2.24) is 10.6 Å². The molecule has 2 aromatic carbocycles. The van der Waals surface area contributed by atoms with Gasteiger partial charge in [-0.1, -0.05) is 24.3 Å². The number of hydrogen-bond acceptors (Lipinski definition) is 4. The smallest absolute Gasteiger partial charge is 0.191 e. The molecule has 0 saturated carbocycles. The molecule has 0 bridgehead atoms. The Labute approximate surface area is 189 Å². The SMILES string of the molecule is CCNC(=NCc1ccc2c(c1)OCCCO2)NCC1Cc2ccccc2O1.I. The van der Waals surface area contributed by atoms with Crippen LogP contribution in [0, 0.1) is 0 Å². The molecule has 6 nitrogen and oxygen atoms in total. The molecule has 0 amide bonds. The number of nitrogens with one attached hydrogen (secondary N) is 2. The molecule has 2 heterocycles. The third-order valence-electron chi connectivity index (χ3n) is 4.79. The van der Waals surface area contributed by atoms with E-state index in [9.17, 15) is 0 Å². The zero-order chi connectivity index (χ0) is 19.2.